The number of aryl methyl sites for hydroxylation is 1. The van der Waals surface area contributed by atoms with Gasteiger partial charge in [0.1, 0.15) is 5.82 Å². The molecule has 1 heterocycles. The van der Waals surface area contributed by atoms with Gasteiger partial charge in [0.25, 0.3) is 0 Å². The van der Waals surface area contributed by atoms with Crippen molar-refractivity contribution in [2.45, 2.75) is 12.8 Å². The van der Waals surface area contributed by atoms with Crippen LogP contribution in [0.5, 0.6) is 0 Å². The Kier molecular flexibility index (Phi) is 5.49. The maximum Gasteiger partial charge on any atom is 0.153 e. The SMILES string of the molecule is NC(=NCCc1ccccc1)SCCc1ncc[nH]1. The van der Waals surface area contributed by atoms with Crippen LogP contribution in [0.1, 0.15) is 11.4 Å². The summed E-state index contributed by atoms with van der Waals surface area (Å²) in [5.74, 6) is 1.89. The third-order valence-electron chi connectivity index (χ3n) is 2.65. The summed E-state index contributed by atoms with van der Waals surface area (Å²) >= 11 is 1.58. The van der Waals surface area contributed by atoms with E-state index in [1.54, 1.807) is 18.0 Å². The Balaban J connectivity index is 1.65. The van der Waals surface area contributed by atoms with Crippen LogP contribution in [0.2, 0.25) is 0 Å². The number of hydrogen-bond donors (Lipinski definition) is 2. The van der Waals surface area contributed by atoms with Crippen LogP contribution >= 0.6 is 11.8 Å². The third-order valence-corrected chi connectivity index (χ3v) is 3.49. The molecule has 4 nitrogen and oxygen atoms in total. The molecule has 0 spiro atoms. The van der Waals surface area contributed by atoms with E-state index < -0.39 is 0 Å². The molecule has 1 aromatic carbocycles. The lowest BCUT2D eigenvalue weighted by Crippen LogP contribution is -2.09. The number of benzene rings is 1. The molecular weight excluding hydrogens is 256 g/mol. The van der Waals surface area contributed by atoms with E-state index in [-0.39, 0.29) is 0 Å². The van der Waals surface area contributed by atoms with Gasteiger partial charge in [0.2, 0.25) is 0 Å². The van der Waals surface area contributed by atoms with E-state index in [1.807, 2.05) is 24.4 Å². The van der Waals surface area contributed by atoms with E-state index in [9.17, 15) is 0 Å². The lowest BCUT2D eigenvalue weighted by atomic mass is 10.2. The van der Waals surface area contributed by atoms with Gasteiger partial charge in [-0.25, -0.2) is 4.98 Å². The van der Waals surface area contributed by atoms with Gasteiger partial charge < -0.3 is 10.7 Å². The van der Waals surface area contributed by atoms with Crippen LogP contribution in [0.15, 0.2) is 47.7 Å². The van der Waals surface area contributed by atoms with Gasteiger partial charge in [0.05, 0.1) is 0 Å². The Morgan fingerprint density at radius 1 is 1.26 bits per heavy atom. The van der Waals surface area contributed by atoms with Crippen molar-refractivity contribution in [2.24, 2.45) is 10.7 Å². The maximum absolute atomic E-state index is 5.86. The smallest absolute Gasteiger partial charge is 0.153 e. The minimum Gasteiger partial charge on any atom is -0.379 e. The van der Waals surface area contributed by atoms with Crippen molar-refractivity contribution >= 4 is 16.9 Å². The molecule has 2 aromatic rings. The summed E-state index contributed by atoms with van der Waals surface area (Å²) in [7, 11) is 0. The Morgan fingerprint density at radius 3 is 2.84 bits per heavy atom. The molecule has 19 heavy (non-hydrogen) atoms. The van der Waals surface area contributed by atoms with Crippen LogP contribution < -0.4 is 5.73 Å². The van der Waals surface area contributed by atoms with Crippen molar-refractivity contribution in [2.75, 3.05) is 12.3 Å². The first-order valence-electron chi connectivity index (χ1n) is 6.29. The molecule has 100 valence electrons. The molecule has 2 rings (SSSR count). The molecule has 0 saturated carbocycles. The average molecular weight is 274 g/mol. The molecule has 0 amide bonds. The Morgan fingerprint density at radius 2 is 2.11 bits per heavy atom. The summed E-state index contributed by atoms with van der Waals surface area (Å²) in [6.45, 7) is 0.740. The van der Waals surface area contributed by atoms with Crippen molar-refractivity contribution in [1.82, 2.24) is 9.97 Å². The van der Waals surface area contributed by atoms with Gasteiger partial charge in [-0.1, -0.05) is 42.1 Å². The molecule has 0 bridgehead atoms. The minimum atomic E-state index is 0.655. The van der Waals surface area contributed by atoms with Crippen LogP contribution in [0.25, 0.3) is 0 Å². The predicted octanol–water partition coefficient (Wildman–Crippen LogP) is 2.24. The van der Waals surface area contributed by atoms with E-state index in [0.717, 1.165) is 31.0 Å². The fraction of sp³-hybridized carbons (Fsp3) is 0.286. The summed E-state index contributed by atoms with van der Waals surface area (Å²) in [5.41, 5.74) is 7.15. The van der Waals surface area contributed by atoms with Crippen molar-refractivity contribution in [3.63, 3.8) is 0 Å². The van der Waals surface area contributed by atoms with Crippen molar-refractivity contribution in [1.29, 1.82) is 0 Å². The van der Waals surface area contributed by atoms with Crippen LogP contribution in [0.3, 0.4) is 0 Å². The lowest BCUT2D eigenvalue weighted by Gasteiger charge is -2.01. The zero-order chi connectivity index (χ0) is 13.3. The number of amidine groups is 1. The summed E-state index contributed by atoms with van der Waals surface area (Å²) in [6, 6.07) is 10.3. The molecule has 3 N–H and O–H groups in total. The number of thioether (sulfide) groups is 1. The number of nitrogens with two attached hydrogens (primary N) is 1. The van der Waals surface area contributed by atoms with Crippen LogP contribution in [-0.4, -0.2) is 27.4 Å². The summed E-state index contributed by atoms with van der Waals surface area (Å²) in [6.07, 6.45) is 5.40. The molecular formula is C14H18N4S. The molecule has 5 heteroatoms. The monoisotopic (exact) mass is 274 g/mol. The number of aliphatic imine (C=N–C) groups is 1. The number of hydrogen-bond acceptors (Lipinski definition) is 3. The number of H-pyrrole nitrogens is 1. The van der Waals surface area contributed by atoms with Crippen LogP contribution in [-0.2, 0) is 12.8 Å². The van der Waals surface area contributed by atoms with E-state index >= 15 is 0 Å². The first kappa shape index (κ1) is 13.7. The topological polar surface area (TPSA) is 67.1 Å². The Bertz CT molecular complexity index is 493. The van der Waals surface area contributed by atoms with E-state index in [0.29, 0.717) is 5.17 Å². The second kappa shape index (κ2) is 7.63. The number of nitrogens with one attached hydrogen (secondary N) is 1. The number of imidazole rings is 1. The summed E-state index contributed by atoms with van der Waals surface area (Å²) in [5, 5.41) is 0.655. The zero-order valence-corrected chi connectivity index (χ0v) is 11.6. The number of rotatable bonds is 6. The quantitative estimate of drug-likeness (QED) is 0.627. The molecule has 0 unspecified atom stereocenters. The van der Waals surface area contributed by atoms with Gasteiger partial charge >= 0.3 is 0 Å². The lowest BCUT2D eigenvalue weighted by molar-refractivity contribution is 0.969. The van der Waals surface area contributed by atoms with Crippen LogP contribution in [0.4, 0.5) is 0 Å². The third kappa shape index (κ3) is 5.18. The normalized spacial score (nSPS) is 11.7. The summed E-state index contributed by atoms with van der Waals surface area (Å²) in [4.78, 5) is 11.6. The summed E-state index contributed by atoms with van der Waals surface area (Å²) < 4.78 is 0. The highest BCUT2D eigenvalue weighted by Crippen LogP contribution is 2.05. The molecule has 0 aliphatic carbocycles. The molecule has 0 atom stereocenters. The molecule has 1 aromatic heterocycles. The van der Waals surface area contributed by atoms with Gasteiger partial charge in [-0.3, -0.25) is 4.99 Å². The van der Waals surface area contributed by atoms with Gasteiger partial charge in [-0.05, 0) is 12.0 Å². The minimum absolute atomic E-state index is 0.655. The fourth-order valence-electron chi connectivity index (χ4n) is 1.67. The standard InChI is InChI=1S/C14H18N4S/c15-14(19-11-7-13-16-9-10-17-13)18-8-6-12-4-2-1-3-5-12/h1-5,9-10H,6-8,11H2,(H2,15,18)(H,16,17). The van der Waals surface area contributed by atoms with Crippen molar-refractivity contribution in [3.05, 3.63) is 54.1 Å². The number of aromatic nitrogens is 2. The van der Waals surface area contributed by atoms with Crippen LogP contribution in [0, 0.1) is 0 Å². The Labute approximate surface area is 117 Å². The fourth-order valence-corrected chi connectivity index (χ4v) is 2.36. The van der Waals surface area contributed by atoms with Crippen molar-refractivity contribution in [3.8, 4) is 0 Å². The Hall–Kier alpha value is -1.75. The van der Waals surface area contributed by atoms with Gasteiger partial charge in [0.15, 0.2) is 5.17 Å². The van der Waals surface area contributed by atoms with E-state index in [2.05, 4.69) is 27.1 Å². The van der Waals surface area contributed by atoms with Gasteiger partial charge in [0, 0.05) is 31.1 Å². The maximum atomic E-state index is 5.86. The van der Waals surface area contributed by atoms with Gasteiger partial charge in [-0.15, -0.1) is 0 Å². The second-order valence-corrected chi connectivity index (χ2v) is 5.21. The number of nitrogens with zero attached hydrogens (tertiary/aromatic N) is 2. The second-order valence-electron chi connectivity index (χ2n) is 4.09. The first-order chi connectivity index (χ1) is 9.34. The highest BCUT2D eigenvalue weighted by atomic mass is 32.2. The van der Waals surface area contributed by atoms with Crippen molar-refractivity contribution < 1.29 is 0 Å². The molecule has 0 saturated heterocycles. The highest BCUT2D eigenvalue weighted by Gasteiger charge is 1.98. The molecule has 0 aliphatic heterocycles. The number of aromatic amines is 1. The average Bonchev–Trinajstić information content (AvgIpc) is 2.93. The van der Waals surface area contributed by atoms with E-state index in [1.165, 1.54) is 5.56 Å². The molecule has 0 radical (unpaired) electrons. The van der Waals surface area contributed by atoms with Gasteiger partial charge in [-0.2, -0.15) is 0 Å². The largest absolute Gasteiger partial charge is 0.379 e. The predicted molar refractivity (Wildman–Crippen MR) is 81.4 cm³/mol. The molecule has 0 aliphatic rings. The first-order valence-corrected chi connectivity index (χ1v) is 7.28. The van der Waals surface area contributed by atoms with E-state index in [4.69, 9.17) is 5.73 Å². The zero-order valence-electron chi connectivity index (χ0n) is 10.7. The highest BCUT2D eigenvalue weighted by molar-refractivity contribution is 8.13. The molecule has 0 fully saturated rings.